The molecule has 0 bridgehead atoms. The summed E-state index contributed by atoms with van der Waals surface area (Å²) in [4.78, 5) is 11.4. The van der Waals surface area contributed by atoms with Gasteiger partial charge in [-0.3, -0.25) is 10.1 Å². The van der Waals surface area contributed by atoms with Crippen molar-refractivity contribution in [3.63, 3.8) is 0 Å². The molecule has 0 aliphatic carbocycles. The second-order valence-corrected chi connectivity index (χ2v) is 3.08. The molecule has 0 saturated heterocycles. The molecule has 0 heterocycles. The normalized spacial score (nSPS) is 8.88. The number of benzene rings is 1. The standard InChI is InChI=1S/C13H12N2O/c1-3-8-14-10-13(16)15-12-7-5-6-11(4-2)9-12/h1-2,5-7,9,14H,8,10H2,(H,15,16). The zero-order valence-electron chi connectivity index (χ0n) is 8.79. The van der Waals surface area contributed by atoms with Gasteiger partial charge in [-0.15, -0.1) is 12.8 Å². The molecular weight excluding hydrogens is 200 g/mol. The average molecular weight is 212 g/mol. The fourth-order valence-electron chi connectivity index (χ4n) is 1.14. The summed E-state index contributed by atoms with van der Waals surface area (Å²) in [5, 5.41) is 5.51. The van der Waals surface area contributed by atoms with E-state index in [2.05, 4.69) is 22.5 Å². The van der Waals surface area contributed by atoms with Crippen molar-refractivity contribution in [1.82, 2.24) is 5.32 Å². The number of carbonyl (C=O) groups excluding carboxylic acids is 1. The number of anilines is 1. The first kappa shape index (κ1) is 11.8. The summed E-state index contributed by atoms with van der Waals surface area (Å²) in [6.45, 7) is 0.558. The van der Waals surface area contributed by atoms with Crippen LogP contribution in [-0.2, 0) is 4.79 Å². The molecule has 0 saturated carbocycles. The summed E-state index contributed by atoms with van der Waals surface area (Å²) in [5.74, 6) is 4.74. The minimum absolute atomic E-state index is 0.149. The van der Waals surface area contributed by atoms with Crippen molar-refractivity contribution < 1.29 is 4.79 Å². The Labute approximate surface area is 95.2 Å². The van der Waals surface area contributed by atoms with Crippen molar-refractivity contribution in [3.8, 4) is 24.7 Å². The zero-order valence-corrected chi connectivity index (χ0v) is 8.79. The van der Waals surface area contributed by atoms with Crippen molar-refractivity contribution in [3.05, 3.63) is 29.8 Å². The van der Waals surface area contributed by atoms with Crippen molar-refractivity contribution in [2.45, 2.75) is 0 Å². The molecule has 0 atom stereocenters. The van der Waals surface area contributed by atoms with Crippen LogP contribution in [0.4, 0.5) is 5.69 Å². The van der Waals surface area contributed by atoms with Gasteiger partial charge in [0, 0.05) is 11.3 Å². The van der Waals surface area contributed by atoms with Gasteiger partial charge in [0.1, 0.15) is 0 Å². The molecule has 1 amide bonds. The highest BCUT2D eigenvalue weighted by Crippen LogP contribution is 2.09. The van der Waals surface area contributed by atoms with Crippen LogP contribution in [-0.4, -0.2) is 19.0 Å². The second-order valence-electron chi connectivity index (χ2n) is 3.08. The topological polar surface area (TPSA) is 41.1 Å². The van der Waals surface area contributed by atoms with E-state index in [4.69, 9.17) is 12.8 Å². The Hall–Kier alpha value is -2.23. The van der Waals surface area contributed by atoms with E-state index in [9.17, 15) is 4.79 Å². The van der Waals surface area contributed by atoms with Gasteiger partial charge < -0.3 is 5.32 Å². The zero-order chi connectivity index (χ0) is 11.8. The Morgan fingerprint density at radius 3 is 2.88 bits per heavy atom. The van der Waals surface area contributed by atoms with Gasteiger partial charge in [-0.05, 0) is 18.2 Å². The molecule has 0 aliphatic heterocycles. The van der Waals surface area contributed by atoms with Crippen LogP contribution in [0, 0.1) is 24.7 Å². The van der Waals surface area contributed by atoms with Crippen molar-refractivity contribution in [2.75, 3.05) is 18.4 Å². The van der Waals surface area contributed by atoms with Crippen LogP contribution < -0.4 is 10.6 Å². The van der Waals surface area contributed by atoms with Crippen LogP contribution in [0.3, 0.4) is 0 Å². The maximum atomic E-state index is 11.4. The molecular formula is C13H12N2O. The van der Waals surface area contributed by atoms with Crippen molar-refractivity contribution in [2.24, 2.45) is 0 Å². The first-order valence-electron chi connectivity index (χ1n) is 4.77. The van der Waals surface area contributed by atoms with Gasteiger partial charge in [-0.1, -0.05) is 17.9 Å². The van der Waals surface area contributed by atoms with Gasteiger partial charge in [0.05, 0.1) is 13.1 Å². The van der Waals surface area contributed by atoms with Gasteiger partial charge in [0.2, 0.25) is 5.91 Å². The fourth-order valence-corrected chi connectivity index (χ4v) is 1.14. The highest BCUT2D eigenvalue weighted by Gasteiger charge is 2.00. The predicted octanol–water partition coefficient (Wildman–Crippen LogP) is 0.829. The Balaban J connectivity index is 2.50. The monoisotopic (exact) mass is 212 g/mol. The number of nitrogens with one attached hydrogen (secondary N) is 2. The Morgan fingerprint density at radius 2 is 2.19 bits per heavy atom. The van der Waals surface area contributed by atoms with E-state index < -0.39 is 0 Å². The van der Waals surface area contributed by atoms with E-state index in [1.165, 1.54) is 0 Å². The molecule has 0 fully saturated rings. The summed E-state index contributed by atoms with van der Waals surface area (Å²) in [7, 11) is 0. The molecule has 16 heavy (non-hydrogen) atoms. The van der Waals surface area contributed by atoms with Crippen molar-refractivity contribution >= 4 is 11.6 Å². The molecule has 0 unspecified atom stereocenters. The number of amides is 1. The van der Waals surface area contributed by atoms with Gasteiger partial charge >= 0.3 is 0 Å². The van der Waals surface area contributed by atoms with Crippen LogP contribution in [0.5, 0.6) is 0 Å². The third-order valence-electron chi connectivity index (χ3n) is 1.83. The van der Waals surface area contributed by atoms with Crippen LogP contribution in [0.15, 0.2) is 24.3 Å². The molecule has 1 aromatic carbocycles. The van der Waals surface area contributed by atoms with E-state index in [-0.39, 0.29) is 12.5 Å². The maximum Gasteiger partial charge on any atom is 0.238 e. The lowest BCUT2D eigenvalue weighted by Gasteiger charge is -2.05. The fraction of sp³-hybridized carbons (Fsp3) is 0.154. The number of rotatable bonds is 4. The summed E-state index contributed by atoms with van der Waals surface area (Å²) in [5.41, 5.74) is 1.41. The summed E-state index contributed by atoms with van der Waals surface area (Å²) in [6.07, 6.45) is 10.3. The number of hydrogen-bond acceptors (Lipinski definition) is 2. The van der Waals surface area contributed by atoms with E-state index in [1.54, 1.807) is 24.3 Å². The minimum atomic E-state index is -0.149. The molecule has 1 aromatic rings. The Morgan fingerprint density at radius 1 is 1.38 bits per heavy atom. The largest absolute Gasteiger partial charge is 0.325 e. The van der Waals surface area contributed by atoms with Crippen LogP contribution in [0.25, 0.3) is 0 Å². The Bertz CT molecular complexity index is 452. The number of carbonyl (C=O) groups is 1. The van der Waals surface area contributed by atoms with Crippen molar-refractivity contribution in [1.29, 1.82) is 0 Å². The van der Waals surface area contributed by atoms with Gasteiger partial charge in [-0.2, -0.15) is 0 Å². The van der Waals surface area contributed by atoms with E-state index >= 15 is 0 Å². The molecule has 2 N–H and O–H groups in total. The van der Waals surface area contributed by atoms with Gasteiger partial charge in [0.15, 0.2) is 0 Å². The van der Waals surface area contributed by atoms with Gasteiger partial charge in [0.25, 0.3) is 0 Å². The third kappa shape index (κ3) is 3.88. The molecule has 80 valence electrons. The molecule has 0 spiro atoms. The lowest BCUT2D eigenvalue weighted by atomic mass is 10.2. The smallest absolute Gasteiger partial charge is 0.238 e. The van der Waals surface area contributed by atoms with E-state index in [1.807, 2.05) is 0 Å². The lowest BCUT2D eigenvalue weighted by Crippen LogP contribution is -2.28. The summed E-state index contributed by atoms with van der Waals surface area (Å²) < 4.78 is 0. The molecule has 3 nitrogen and oxygen atoms in total. The first-order valence-corrected chi connectivity index (χ1v) is 4.77. The highest BCUT2D eigenvalue weighted by molar-refractivity contribution is 5.92. The second kappa shape index (κ2) is 6.29. The van der Waals surface area contributed by atoms with Crippen LogP contribution >= 0.6 is 0 Å². The predicted molar refractivity (Wildman–Crippen MR) is 64.7 cm³/mol. The lowest BCUT2D eigenvalue weighted by molar-refractivity contribution is -0.115. The molecule has 0 radical (unpaired) electrons. The molecule has 3 heteroatoms. The van der Waals surface area contributed by atoms with E-state index in [0.29, 0.717) is 12.2 Å². The molecule has 0 aliphatic rings. The van der Waals surface area contributed by atoms with Crippen LogP contribution in [0.2, 0.25) is 0 Å². The van der Waals surface area contributed by atoms with E-state index in [0.717, 1.165) is 5.56 Å². The Kier molecular flexibility index (Phi) is 4.66. The quantitative estimate of drug-likeness (QED) is 0.573. The van der Waals surface area contributed by atoms with Gasteiger partial charge in [-0.25, -0.2) is 0 Å². The first-order chi connectivity index (χ1) is 7.76. The molecule has 0 aromatic heterocycles. The molecule has 1 rings (SSSR count). The highest BCUT2D eigenvalue weighted by atomic mass is 16.1. The maximum absolute atomic E-state index is 11.4. The van der Waals surface area contributed by atoms with Crippen LogP contribution in [0.1, 0.15) is 5.56 Å². The minimum Gasteiger partial charge on any atom is -0.325 e. The average Bonchev–Trinajstić information content (AvgIpc) is 2.29. The number of terminal acetylenes is 2. The number of hydrogen-bond donors (Lipinski definition) is 2. The third-order valence-corrected chi connectivity index (χ3v) is 1.83. The SMILES string of the molecule is C#CCNCC(=O)Nc1cccc(C#C)c1. The summed E-state index contributed by atoms with van der Waals surface area (Å²) in [6, 6.07) is 7.10. The summed E-state index contributed by atoms with van der Waals surface area (Å²) >= 11 is 0.